The molecular formula is C24H38O. The molecule has 0 aliphatic carbocycles. The van der Waals surface area contributed by atoms with Gasteiger partial charge < -0.3 is 0 Å². The second-order valence-corrected chi connectivity index (χ2v) is 7.19. The van der Waals surface area contributed by atoms with Gasteiger partial charge in [-0.25, -0.2) is 0 Å². The topological polar surface area (TPSA) is 17.1 Å². The van der Waals surface area contributed by atoms with Crippen molar-refractivity contribution in [3.8, 4) is 0 Å². The summed E-state index contributed by atoms with van der Waals surface area (Å²) in [6.45, 7) is 2.27. The average molecular weight is 343 g/mol. The van der Waals surface area contributed by atoms with Crippen LogP contribution in [0.3, 0.4) is 0 Å². The highest BCUT2D eigenvalue weighted by Crippen LogP contribution is 2.13. The molecule has 0 atom stereocenters. The molecule has 0 radical (unpaired) electrons. The minimum atomic E-state index is 0.374. The lowest BCUT2D eigenvalue weighted by Gasteiger charge is -2.02. The third-order valence-electron chi connectivity index (χ3n) is 4.76. The molecule has 0 spiro atoms. The van der Waals surface area contributed by atoms with E-state index in [1.165, 1.54) is 76.2 Å². The van der Waals surface area contributed by atoms with Crippen LogP contribution in [0.4, 0.5) is 0 Å². The van der Waals surface area contributed by atoms with Crippen molar-refractivity contribution in [2.45, 2.75) is 96.8 Å². The molecule has 0 amide bonds. The Morgan fingerprint density at radius 3 is 1.84 bits per heavy atom. The number of allylic oxidation sites excluding steroid dienone is 1. The van der Waals surface area contributed by atoms with Gasteiger partial charge in [-0.05, 0) is 12.0 Å². The normalized spacial score (nSPS) is 11.2. The summed E-state index contributed by atoms with van der Waals surface area (Å²) < 4.78 is 0. The highest BCUT2D eigenvalue weighted by atomic mass is 16.1. The number of rotatable bonds is 16. The van der Waals surface area contributed by atoms with E-state index in [1.54, 1.807) is 0 Å². The van der Waals surface area contributed by atoms with Gasteiger partial charge in [0.25, 0.3) is 0 Å². The van der Waals surface area contributed by atoms with E-state index in [0.29, 0.717) is 12.2 Å². The van der Waals surface area contributed by atoms with Crippen molar-refractivity contribution in [2.24, 2.45) is 0 Å². The summed E-state index contributed by atoms with van der Waals surface area (Å²) in [4.78, 5) is 11.9. The first-order valence-corrected chi connectivity index (χ1v) is 10.6. The van der Waals surface area contributed by atoms with E-state index in [-0.39, 0.29) is 0 Å². The molecule has 0 N–H and O–H groups in total. The Bertz CT molecular complexity index is 446. The highest BCUT2D eigenvalue weighted by molar-refractivity contribution is 5.80. The standard InChI is InChI=1S/C24H38O/c1-2-3-4-5-6-7-8-9-10-11-12-16-21-24(25)22-17-20-23-18-14-13-15-19-23/h13-15,17-20H,2-12,16,21-22H2,1H3. The third kappa shape index (κ3) is 13.6. The lowest BCUT2D eigenvalue weighted by Crippen LogP contribution is -1.95. The van der Waals surface area contributed by atoms with E-state index in [1.807, 2.05) is 30.4 Å². The van der Waals surface area contributed by atoms with E-state index in [4.69, 9.17) is 0 Å². The number of carbonyl (C=O) groups excluding carboxylic acids is 1. The second kappa shape index (κ2) is 16.1. The van der Waals surface area contributed by atoms with Crippen LogP contribution in [-0.2, 0) is 4.79 Å². The van der Waals surface area contributed by atoms with Crippen molar-refractivity contribution in [2.75, 3.05) is 0 Å². The Labute approximate surface area is 155 Å². The van der Waals surface area contributed by atoms with Gasteiger partial charge in [0.15, 0.2) is 0 Å². The number of unbranched alkanes of at least 4 members (excludes halogenated alkanes) is 11. The van der Waals surface area contributed by atoms with Crippen LogP contribution in [0.15, 0.2) is 36.4 Å². The van der Waals surface area contributed by atoms with E-state index < -0.39 is 0 Å². The largest absolute Gasteiger partial charge is 0.299 e. The van der Waals surface area contributed by atoms with Crippen LogP contribution in [0.5, 0.6) is 0 Å². The van der Waals surface area contributed by atoms with Gasteiger partial charge in [-0.1, -0.05) is 120 Å². The minimum Gasteiger partial charge on any atom is -0.299 e. The molecule has 0 aliphatic heterocycles. The molecule has 0 bridgehead atoms. The Hall–Kier alpha value is -1.37. The molecule has 1 heteroatoms. The molecule has 1 aromatic rings. The Morgan fingerprint density at radius 2 is 1.28 bits per heavy atom. The maximum atomic E-state index is 11.9. The van der Waals surface area contributed by atoms with Gasteiger partial charge in [0.05, 0.1) is 0 Å². The van der Waals surface area contributed by atoms with Gasteiger partial charge in [0.2, 0.25) is 0 Å². The van der Waals surface area contributed by atoms with Crippen molar-refractivity contribution >= 4 is 11.9 Å². The molecule has 0 saturated heterocycles. The first-order valence-electron chi connectivity index (χ1n) is 10.6. The van der Waals surface area contributed by atoms with E-state index in [9.17, 15) is 4.79 Å². The van der Waals surface area contributed by atoms with Gasteiger partial charge >= 0.3 is 0 Å². The van der Waals surface area contributed by atoms with Crippen molar-refractivity contribution in [1.82, 2.24) is 0 Å². The number of Topliss-reactive ketones (excluding diaryl/α,β-unsaturated/α-hetero) is 1. The van der Waals surface area contributed by atoms with Gasteiger partial charge in [0.1, 0.15) is 5.78 Å². The number of hydrogen-bond donors (Lipinski definition) is 0. The summed E-state index contributed by atoms with van der Waals surface area (Å²) in [5.41, 5.74) is 1.17. The lowest BCUT2D eigenvalue weighted by atomic mass is 10.0. The van der Waals surface area contributed by atoms with E-state index in [2.05, 4.69) is 19.1 Å². The van der Waals surface area contributed by atoms with Gasteiger partial charge in [0, 0.05) is 12.8 Å². The Balaban J connectivity index is 1.86. The molecule has 0 heterocycles. The summed E-state index contributed by atoms with van der Waals surface area (Å²) in [5, 5.41) is 0. The van der Waals surface area contributed by atoms with Crippen molar-refractivity contribution in [1.29, 1.82) is 0 Å². The van der Waals surface area contributed by atoms with Gasteiger partial charge in [-0.3, -0.25) is 4.79 Å². The zero-order valence-electron chi connectivity index (χ0n) is 16.3. The molecule has 0 fully saturated rings. The molecule has 0 aliphatic rings. The molecule has 1 nitrogen and oxygen atoms in total. The molecule has 0 saturated carbocycles. The van der Waals surface area contributed by atoms with Crippen LogP contribution in [0.2, 0.25) is 0 Å². The number of ketones is 1. The molecular weight excluding hydrogens is 304 g/mol. The summed E-state index contributed by atoms with van der Waals surface area (Å²) in [6, 6.07) is 10.2. The van der Waals surface area contributed by atoms with Crippen molar-refractivity contribution < 1.29 is 4.79 Å². The smallest absolute Gasteiger partial charge is 0.136 e. The number of benzene rings is 1. The fourth-order valence-electron chi connectivity index (χ4n) is 3.16. The summed E-state index contributed by atoms with van der Waals surface area (Å²) >= 11 is 0. The first-order chi connectivity index (χ1) is 12.3. The zero-order valence-corrected chi connectivity index (χ0v) is 16.3. The first kappa shape index (κ1) is 21.7. The fourth-order valence-corrected chi connectivity index (χ4v) is 3.16. The molecule has 140 valence electrons. The van der Waals surface area contributed by atoms with E-state index >= 15 is 0 Å². The van der Waals surface area contributed by atoms with Gasteiger partial charge in [-0.2, -0.15) is 0 Å². The van der Waals surface area contributed by atoms with Gasteiger partial charge in [-0.15, -0.1) is 0 Å². The Kier molecular flexibility index (Phi) is 14.0. The molecule has 1 aromatic carbocycles. The van der Waals surface area contributed by atoms with Crippen LogP contribution in [-0.4, -0.2) is 5.78 Å². The SMILES string of the molecule is CCCCCCCCCCCCCCC(=O)CC=Cc1ccccc1. The fraction of sp³-hybridized carbons (Fsp3) is 0.625. The highest BCUT2D eigenvalue weighted by Gasteiger charge is 1.99. The molecule has 0 unspecified atom stereocenters. The van der Waals surface area contributed by atoms with Crippen LogP contribution >= 0.6 is 0 Å². The maximum absolute atomic E-state index is 11.9. The maximum Gasteiger partial charge on any atom is 0.136 e. The quantitative estimate of drug-likeness (QED) is 0.281. The van der Waals surface area contributed by atoms with Crippen LogP contribution < -0.4 is 0 Å². The molecule has 25 heavy (non-hydrogen) atoms. The summed E-state index contributed by atoms with van der Waals surface area (Å²) in [5.74, 6) is 0.374. The summed E-state index contributed by atoms with van der Waals surface area (Å²) in [7, 11) is 0. The zero-order chi connectivity index (χ0) is 18.0. The second-order valence-electron chi connectivity index (χ2n) is 7.19. The predicted octanol–water partition coefficient (Wildman–Crippen LogP) is 7.75. The van der Waals surface area contributed by atoms with Crippen LogP contribution in [0.1, 0.15) is 102 Å². The number of carbonyl (C=O) groups is 1. The van der Waals surface area contributed by atoms with Crippen molar-refractivity contribution in [3.05, 3.63) is 42.0 Å². The third-order valence-corrected chi connectivity index (χ3v) is 4.76. The Morgan fingerprint density at radius 1 is 0.760 bits per heavy atom. The predicted molar refractivity (Wildman–Crippen MR) is 111 cm³/mol. The van der Waals surface area contributed by atoms with Crippen LogP contribution in [0, 0.1) is 0 Å². The monoisotopic (exact) mass is 342 g/mol. The molecule has 0 aromatic heterocycles. The summed E-state index contributed by atoms with van der Waals surface area (Å²) in [6.07, 6.45) is 21.5. The van der Waals surface area contributed by atoms with Crippen molar-refractivity contribution in [3.63, 3.8) is 0 Å². The number of hydrogen-bond acceptors (Lipinski definition) is 1. The van der Waals surface area contributed by atoms with E-state index in [0.717, 1.165) is 12.8 Å². The minimum absolute atomic E-state index is 0.374. The van der Waals surface area contributed by atoms with Crippen LogP contribution in [0.25, 0.3) is 6.08 Å². The lowest BCUT2D eigenvalue weighted by molar-refractivity contribution is -0.118. The molecule has 1 rings (SSSR count). The average Bonchev–Trinajstić information content (AvgIpc) is 2.63.